The molecule has 0 aliphatic carbocycles. The summed E-state index contributed by atoms with van der Waals surface area (Å²) < 4.78 is 1.95. The van der Waals surface area contributed by atoms with Gasteiger partial charge in [-0.25, -0.2) is 0 Å². The highest BCUT2D eigenvalue weighted by molar-refractivity contribution is 7.99. The standard InChI is InChI=1S/C21H28N4O2S/c1-14-9-15(2)25(23-14)11-16-7-6-8-17(10-16)22-19(26)18-12-28-13-24(18)20(27)21(3,4)5/h6-10,18H,11-13H2,1-5H3,(H,22,26). The van der Waals surface area contributed by atoms with Gasteiger partial charge in [-0.1, -0.05) is 32.9 Å². The van der Waals surface area contributed by atoms with Crippen molar-refractivity contribution in [2.45, 2.75) is 47.2 Å². The van der Waals surface area contributed by atoms with Crippen molar-refractivity contribution in [3.05, 3.63) is 47.3 Å². The first kappa shape index (κ1) is 20.5. The molecule has 1 aromatic carbocycles. The van der Waals surface area contributed by atoms with Gasteiger partial charge < -0.3 is 10.2 Å². The molecule has 7 heteroatoms. The first-order valence-corrected chi connectivity index (χ1v) is 10.6. The summed E-state index contributed by atoms with van der Waals surface area (Å²) in [5.41, 5.74) is 3.40. The number of aryl methyl sites for hydroxylation is 2. The number of amides is 2. The third-order valence-electron chi connectivity index (χ3n) is 4.72. The molecular weight excluding hydrogens is 372 g/mol. The molecule has 1 N–H and O–H groups in total. The number of aromatic nitrogens is 2. The van der Waals surface area contributed by atoms with Gasteiger partial charge in [0.15, 0.2) is 0 Å². The van der Waals surface area contributed by atoms with Crippen LogP contribution in [0, 0.1) is 19.3 Å². The van der Waals surface area contributed by atoms with Crippen LogP contribution in [0.2, 0.25) is 0 Å². The van der Waals surface area contributed by atoms with Gasteiger partial charge in [0.1, 0.15) is 6.04 Å². The Labute approximate surface area is 170 Å². The van der Waals surface area contributed by atoms with Gasteiger partial charge in [-0.15, -0.1) is 11.8 Å². The van der Waals surface area contributed by atoms with Gasteiger partial charge in [0, 0.05) is 22.5 Å². The van der Waals surface area contributed by atoms with Crippen molar-refractivity contribution < 1.29 is 9.59 Å². The molecule has 6 nitrogen and oxygen atoms in total. The molecule has 28 heavy (non-hydrogen) atoms. The van der Waals surface area contributed by atoms with Crippen LogP contribution in [-0.2, 0) is 16.1 Å². The zero-order valence-electron chi connectivity index (χ0n) is 17.2. The summed E-state index contributed by atoms with van der Waals surface area (Å²) in [6.07, 6.45) is 0. The fraction of sp³-hybridized carbons (Fsp3) is 0.476. The molecule has 0 spiro atoms. The number of hydrogen-bond acceptors (Lipinski definition) is 4. The highest BCUT2D eigenvalue weighted by atomic mass is 32.2. The van der Waals surface area contributed by atoms with Crippen LogP contribution < -0.4 is 5.32 Å². The number of thioether (sulfide) groups is 1. The number of rotatable bonds is 4. The summed E-state index contributed by atoms with van der Waals surface area (Å²) in [6.45, 7) is 10.3. The fourth-order valence-electron chi connectivity index (χ4n) is 3.27. The van der Waals surface area contributed by atoms with Gasteiger partial charge in [0.25, 0.3) is 0 Å². The first-order valence-electron chi connectivity index (χ1n) is 9.45. The van der Waals surface area contributed by atoms with Gasteiger partial charge >= 0.3 is 0 Å². The van der Waals surface area contributed by atoms with E-state index in [9.17, 15) is 9.59 Å². The smallest absolute Gasteiger partial charge is 0.248 e. The highest BCUT2D eigenvalue weighted by Gasteiger charge is 2.39. The maximum Gasteiger partial charge on any atom is 0.248 e. The van der Waals surface area contributed by atoms with Gasteiger partial charge in [0.2, 0.25) is 11.8 Å². The topological polar surface area (TPSA) is 67.2 Å². The van der Waals surface area contributed by atoms with E-state index in [-0.39, 0.29) is 11.8 Å². The van der Waals surface area contributed by atoms with Crippen molar-refractivity contribution >= 4 is 29.3 Å². The lowest BCUT2D eigenvalue weighted by Crippen LogP contribution is -2.48. The summed E-state index contributed by atoms with van der Waals surface area (Å²) >= 11 is 1.62. The molecule has 0 radical (unpaired) electrons. The lowest BCUT2D eigenvalue weighted by atomic mass is 9.94. The molecule has 1 aromatic heterocycles. The van der Waals surface area contributed by atoms with Crippen molar-refractivity contribution in [3.8, 4) is 0 Å². The Morgan fingerprint density at radius 3 is 2.64 bits per heavy atom. The van der Waals surface area contributed by atoms with Gasteiger partial charge in [0.05, 0.1) is 18.1 Å². The third-order valence-corrected chi connectivity index (χ3v) is 5.73. The maximum absolute atomic E-state index is 12.8. The molecule has 0 saturated carbocycles. The fourth-order valence-corrected chi connectivity index (χ4v) is 4.43. The molecule has 2 heterocycles. The number of hydrogen-bond donors (Lipinski definition) is 1. The number of benzene rings is 1. The monoisotopic (exact) mass is 400 g/mol. The van der Waals surface area contributed by atoms with Crippen LogP contribution >= 0.6 is 11.8 Å². The van der Waals surface area contributed by atoms with Crippen LogP contribution in [0.25, 0.3) is 0 Å². The molecular formula is C21H28N4O2S. The minimum absolute atomic E-state index is 0.0101. The SMILES string of the molecule is Cc1cc(C)n(Cc2cccc(NC(=O)C3CSCN3C(=O)C(C)(C)C)c2)n1. The number of anilines is 1. The summed E-state index contributed by atoms with van der Waals surface area (Å²) in [4.78, 5) is 27.2. The minimum atomic E-state index is -0.497. The highest BCUT2D eigenvalue weighted by Crippen LogP contribution is 2.28. The lowest BCUT2D eigenvalue weighted by Gasteiger charge is -2.29. The van der Waals surface area contributed by atoms with E-state index in [1.54, 1.807) is 16.7 Å². The first-order chi connectivity index (χ1) is 13.1. The molecule has 2 amide bonds. The summed E-state index contributed by atoms with van der Waals surface area (Å²) in [7, 11) is 0. The Morgan fingerprint density at radius 1 is 1.25 bits per heavy atom. The molecule has 3 rings (SSSR count). The summed E-state index contributed by atoms with van der Waals surface area (Å²) in [5.74, 6) is 1.06. The van der Waals surface area contributed by atoms with Crippen LogP contribution in [0.3, 0.4) is 0 Å². The van der Waals surface area contributed by atoms with Crippen LogP contribution in [0.15, 0.2) is 30.3 Å². The Kier molecular flexibility index (Phi) is 5.84. The Morgan fingerprint density at radius 2 is 2.00 bits per heavy atom. The predicted molar refractivity (Wildman–Crippen MR) is 113 cm³/mol. The minimum Gasteiger partial charge on any atom is -0.324 e. The quantitative estimate of drug-likeness (QED) is 0.854. The molecule has 150 valence electrons. The predicted octanol–water partition coefficient (Wildman–Crippen LogP) is 3.43. The van der Waals surface area contributed by atoms with Crippen molar-refractivity contribution in [2.24, 2.45) is 5.41 Å². The van der Waals surface area contributed by atoms with E-state index in [0.29, 0.717) is 18.2 Å². The molecule has 1 atom stereocenters. The number of carbonyl (C=O) groups excluding carboxylic acids is 2. The van der Waals surface area contributed by atoms with Crippen molar-refractivity contribution in [2.75, 3.05) is 16.9 Å². The summed E-state index contributed by atoms with van der Waals surface area (Å²) in [5, 5.41) is 7.48. The largest absolute Gasteiger partial charge is 0.324 e. The van der Waals surface area contributed by atoms with E-state index in [2.05, 4.69) is 10.4 Å². The second-order valence-corrected chi connectivity index (χ2v) is 9.31. The van der Waals surface area contributed by atoms with E-state index >= 15 is 0 Å². The van der Waals surface area contributed by atoms with Crippen LogP contribution in [0.1, 0.15) is 37.7 Å². The second-order valence-electron chi connectivity index (χ2n) is 8.32. The van der Waals surface area contributed by atoms with Crippen molar-refractivity contribution in [3.63, 3.8) is 0 Å². The van der Waals surface area contributed by atoms with Crippen LogP contribution in [0.4, 0.5) is 5.69 Å². The summed E-state index contributed by atoms with van der Waals surface area (Å²) in [6, 6.07) is 9.40. The molecule has 1 aliphatic rings. The number of carbonyl (C=O) groups is 2. The normalized spacial score (nSPS) is 17.0. The average molecular weight is 401 g/mol. The Hall–Kier alpha value is -2.28. The lowest BCUT2D eigenvalue weighted by molar-refractivity contribution is -0.143. The Bertz CT molecular complexity index is 885. The van der Waals surface area contributed by atoms with Gasteiger partial charge in [-0.2, -0.15) is 5.10 Å². The van der Waals surface area contributed by atoms with E-state index in [0.717, 1.165) is 22.6 Å². The Balaban J connectivity index is 1.70. The zero-order valence-corrected chi connectivity index (χ0v) is 18.0. The molecule has 0 bridgehead atoms. The second kappa shape index (κ2) is 7.99. The van der Waals surface area contributed by atoms with E-state index in [1.165, 1.54) is 0 Å². The van der Waals surface area contributed by atoms with Gasteiger partial charge in [-0.05, 0) is 37.6 Å². The molecule has 1 aliphatic heterocycles. The average Bonchev–Trinajstić information content (AvgIpc) is 3.20. The third kappa shape index (κ3) is 4.58. The van der Waals surface area contributed by atoms with E-state index < -0.39 is 11.5 Å². The van der Waals surface area contributed by atoms with Crippen LogP contribution in [0.5, 0.6) is 0 Å². The molecule has 1 fully saturated rings. The number of nitrogens with zero attached hydrogens (tertiary/aromatic N) is 3. The van der Waals surface area contributed by atoms with Gasteiger partial charge in [-0.3, -0.25) is 14.3 Å². The van der Waals surface area contributed by atoms with Crippen LogP contribution in [-0.4, -0.2) is 44.2 Å². The van der Waals surface area contributed by atoms with Crippen molar-refractivity contribution in [1.82, 2.24) is 14.7 Å². The zero-order chi connectivity index (χ0) is 20.5. The van der Waals surface area contributed by atoms with Crippen molar-refractivity contribution in [1.29, 1.82) is 0 Å². The van der Waals surface area contributed by atoms with E-state index in [4.69, 9.17) is 0 Å². The number of nitrogens with one attached hydrogen (secondary N) is 1. The molecule has 1 saturated heterocycles. The molecule has 2 aromatic rings. The van der Waals surface area contributed by atoms with E-state index in [1.807, 2.05) is 69.6 Å². The maximum atomic E-state index is 12.8. The molecule has 1 unspecified atom stereocenters.